The summed E-state index contributed by atoms with van der Waals surface area (Å²) in [7, 11) is 1.28. The third-order valence-electron chi connectivity index (χ3n) is 2.95. The van der Waals surface area contributed by atoms with Gasteiger partial charge in [0.2, 0.25) is 0 Å². The molecule has 0 spiro atoms. The van der Waals surface area contributed by atoms with Gasteiger partial charge in [-0.3, -0.25) is 15.4 Å². The first-order chi connectivity index (χ1) is 10.5. The Labute approximate surface area is 127 Å². The molecule has 2 rings (SSSR count). The molecule has 0 aliphatic heterocycles. The molecule has 0 saturated carbocycles. The number of carbonyl (C=O) groups excluding carboxylic acids is 1. The van der Waals surface area contributed by atoms with E-state index in [2.05, 4.69) is 15.4 Å². The number of nitrogens with one attached hydrogen (secondary N) is 2. The topological polar surface area (TPSA) is 93.5 Å². The van der Waals surface area contributed by atoms with Crippen LogP contribution >= 0.6 is 0 Å². The molecule has 0 aliphatic carbocycles. The molecule has 0 heterocycles. The van der Waals surface area contributed by atoms with Crippen LogP contribution in [-0.4, -0.2) is 18.1 Å². The summed E-state index contributed by atoms with van der Waals surface area (Å²) >= 11 is 0. The highest BCUT2D eigenvalue weighted by molar-refractivity contribution is 5.85. The predicted molar refractivity (Wildman–Crippen MR) is 83.6 cm³/mol. The number of aryl methyl sites for hydroxylation is 1. The SMILES string of the molecule is COC(=O)Nc1ccc(Nc2ccc(C)cc2[N+](=O)[O-])cc1. The van der Waals surface area contributed by atoms with Crippen molar-refractivity contribution < 1.29 is 14.5 Å². The Bertz CT molecular complexity index is 698. The average molecular weight is 301 g/mol. The van der Waals surface area contributed by atoms with Crippen molar-refractivity contribution in [3.63, 3.8) is 0 Å². The van der Waals surface area contributed by atoms with Crippen molar-refractivity contribution in [1.82, 2.24) is 0 Å². The molecule has 7 nitrogen and oxygen atoms in total. The van der Waals surface area contributed by atoms with Crippen LogP contribution in [0.25, 0.3) is 0 Å². The Morgan fingerprint density at radius 3 is 2.36 bits per heavy atom. The van der Waals surface area contributed by atoms with E-state index in [4.69, 9.17) is 0 Å². The van der Waals surface area contributed by atoms with Gasteiger partial charge in [0.15, 0.2) is 0 Å². The van der Waals surface area contributed by atoms with Gasteiger partial charge in [0.25, 0.3) is 5.69 Å². The number of anilines is 3. The lowest BCUT2D eigenvalue weighted by atomic mass is 10.2. The van der Waals surface area contributed by atoms with Crippen molar-refractivity contribution in [2.45, 2.75) is 6.92 Å². The number of ether oxygens (including phenoxy) is 1. The lowest BCUT2D eigenvalue weighted by Crippen LogP contribution is -2.10. The normalized spacial score (nSPS) is 9.91. The molecule has 0 aliphatic rings. The minimum absolute atomic E-state index is 0.0109. The first kappa shape index (κ1) is 15.3. The van der Waals surface area contributed by atoms with Crippen molar-refractivity contribution in [3.8, 4) is 0 Å². The van der Waals surface area contributed by atoms with Gasteiger partial charge >= 0.3 is 6.09 Å². The van der Waals surface area contributed by atoms with Crippen LogP contribution in [0.4, 0.5) is 27.5 Å². The van der Waals surface area contributed by atoms with Gasteiger partial charge < -0.3 is 10.1 Å². The lowest BCUT2D eigenvalue weighted by Gasteiger charge is -2.09. The number of benzene rings is 2. The smallest absolute Gasteiger partial charge is 0.411 e. The quantitative estimate of drug-likeness (QED) is 0.661. The van der Waals surface area contributed by atoms with Crippen molar-refractivity contribution in [3.05, 3.63) is 58.1 Å². The van der Waals surface area contributed by atoms with Crippen LogP contribution < -0.4 is 10.6 Å². The Morgan fingerprint density at radius 1 is 1.14 bits per heavy atom. The van der Waals surface area contributed by atoms with Crippen LogP contribution in [0.2, 0.25) is 0 Å². The second kappa shape index (κ2) is 6.57. The molecule has 0 radical (unpaired) electrons. The number of nitro groups is 1. The minimum atomic E-state index is -0.560. The van der Waals surface area contributed by atoms with Crippen molar-refractivity contribution in [2.24, 2.45) is 0 Å². The van der Waals surface area contributed by atoms with Crippen LogP contribution in [-0.2, 0) is 4.74 Å². The fourth-order valence-corrected chi connectivity index (χ4v) is 1.86. The summed E-state index contributed by atoms with van der Waals surface area (Å²) in [5.41, 5.74) is 2.47. The summed E-state index contributed by atoms with van der Waals surface area (Å²) in [5, 5.41) is 16.6. The molecule has 2 N–H and O–H groups in total. The first-order valence-corrected chi connectivity index (χ1v) is 6.46. The third-order valence-corrected chi connectivity index (χ3v) is 2.95. The molecular formula is C15H15N3O4. The molecule has 114 valence electrons. The molecule has 2 aromatic rings. The highest BCUT2D eigenvalue weighted by Gasteiger charge is 2.13. The molecule has 0 fully saturated rings. The second-order valence-electron chi connectivity index (χ2n) is 4.60. The molecule has 0 saturated heterocycles. The Hall–Kier alpha value is -3.09. The maximum atomic E-state index is 11.1. The van der Waals surface area contributed by atoms with Crippen molar-refractivity contribution in [2.75, 3.05) is 17.7 Å². The zero-order valence-electron chi connectivity index (χ0n) is 12.1. The number of hydrogen-bond acceptors (Lipinski definition) is 5. The largest absolute Gasteiger partial charge is 0.453 e. The molecule has 2 aromatic carbocycles. The van der Waals surface area contributed by atoms with E-state index in [-0.39, 0.29) is 5.69 Å². The van der Waals surface area contributed by atoms with Gasteiger partial charge in [-0.05, 0) is 42.8 Å². The zero-order valence-corrected chi connectivity index (χ0v) is 12.1. The summed E-state index contributed by atoms with van der Waals surface area (Å²) in [5.74, 6) is 0. The van der Waals surface area contributed by atoms with Gasteiger partial charge in [0, 0.05) is 17.4 Å². The number of rotatable bonds is 4. The molecule has 0 unspecified atom stereocenters. The molecule has 0 atom stereocenters. The Kier molecular flexibility index (Phi) is 4.57. The highest BCUT2D eigenvalue weighted by atomic mass is 16.6. The maximum absolute atomic E-state index is 11.1. The summed E-state index contributed by atoms with van der Waals surface area (Å²) in [6, 6.07) is 11.7. The van der Waals surface area contributed by atoms with E-state index in [0.717, 1.165) is 5.56 Å². The molecule has 0 bridgehead atoms. The standard InChI is InChI=1S/C15H15N3O4/c1-10-3-8-13(14(9-10)18(20)21)16-11-4-6-12(7-5-11)17-15(19)22-2/h3-9,16H,1-2H3,(H,17,19). The first-order valence-electron chi connectivity index (χ1n) is 6.46. The fraction of sp³-hybridized carbons (Fsp3) is 0.133. The highest BCUT2D eigenvalue weighted by Crippen LogP contribution is 2.28. The maximum Gasteiger partial charge on any atom is 0.411 e. The van der Waals surface area contributed by atoms with Gasteiger partial charge in [0.1, 0.15) is 5.69 Å². The van der Waals surface area contributed by atoms with Gasteiger partial charge in [0.05, 0.1) is 12.0 Å². The van der Waals surface area contributed by atoms with Crippen molar-refractivity contribution in [1.29, 1.82) is 0 Å². The van der Waals surface area contributed by atoms with E-state index in [1.807, 2.05) is 0 Å². The molecule has 22 heavy (non-hydrogen) atoms. The number of nitrogens with zero attached hydrogens (tertiary/aromatic N) is 1. The van der Waals surface area contributed by atoms with E-state index >= 15 is 0 Å². The number of methoxy groups -OCH3 is 1. The summed E-state index contributed by atoms with van der Waals surface area (Å²) < 4.78 is 4.49. The zero-order chi connectivity index (χ0) is 16.1. The average Bonchev–Trinajstić information content (AvgIpc) is 2.50. The van der Waals surface area contributed by atoms with E-state index in [0.29, 0.717) is 17.1 Å². The molecular weight excluding hydrogens is 286 g/mol. The Morgan fingerprint density at radius 2 is 1.77 bits per heavy atom. The van der Waals surface area contributed by atoms with Crippen LogP contribution in [0.15, 0.2) is 42.5 Å². The molecule has 7 heteroatoms. The molecule has 0 aromatic heterocycles. The van der Waals surface area contributed by atoms with Crippen LogP contribution in [0.3, 0.4) is 0 Å². The van der Waals surface area contributed by atoms with Gasteiger partial charge in [-0.15, -0.1) is 0 Å². The minimum Gasteiger partial charge on any atom is -0.453 e. The summed E-state index contributed by atoms with van der Waals surface area (Å²) in [6.45, 7) is 1.80. The number of hydrogen-bond donors (Lipinski definition) is 2. The van der Waals surface area contributed by atoms with Gasteiger partial charge in [-0.2, -0.15) is 0 Å². The van der Waals surface area contributed by atoms with Crippen LogP contribution in [0, 0.1) is 17.0 Å². The van der Waals surface area contributed by atoms with Gasteiger partial charge in [-0.25, -0.2) is 4.79 Å². The number of nitro benzene ring substituents is 1. The van der Waals surface area contributed by atoms with Gasteiger partial charge in [-0.1, -0.05) is 6.07 Å². The lowest BCUT2D eigenvalue weighted by molar-refractivity contribution is -0.384. The van der Waals surface area contributed by atoms with Crippen molar-refractivity contribution >= 4 is 28.8 Å². The Balaban J connectivity index is 2.18. The monoisotopic (exact) mass is 301 g/mol. The number of amides is 1. The summed E-state index contributed by atoms with van der Waals surface area (Å²) in [4.78, 5) is 21.7. The second-order valence-corrected chi connectivity index (χ2v) is 4.60. The van der Waals surface area contributed by atoms with Crippen LogP contribution in [0.1, 0.15) is 5.56 Å². The van der Waals surface area contributed by atoms with E-state index in [1.54, 1.807) is 43.3 Å². The van der Waals surface area contributed by atoms with E-state index in [9.17, 15) is 14.9 Å². The fourth-order valence-electron chi connectivity index (χ4n) is 1.86. The molecule has 1 amide bonds. The third kappa shape index (κ3) is 3.72. The number of carbonyl (C=O) groups is 1. The van der Waals surface area contributed by atoms with E-state index in [1.165, 1.54) is 13.2 Å². The van der Waals surface area contributed by atoms with Crippen LogP contribution in [0.5, 0.6) is 0 Å². The van der Waals surface area contributed by atoms with E-state index < -0.39 is 11.0 Å². The predicted octanol–water partition coefficient (Wildman–Crippen LogP) is 3.83. The summed E-state index contributed by atoms with van der Waals surface area (Å²) in [6.07, 6.45) is -0.560.